The van der Waals surface area contributed by atoms with E-state index >= 15 is 0 Å². The predicted molar refractivity (Wildman–Crippen MR) is 91.9 cm³/mol. The number of rotatable bonds is 4. The highest BCUT2D eigenvalue weighted by Gasteiger charge is 2.15. The van der Waals surface area contributed by atoms with Crippen LogP contribution in [-0.2, 0) is 0 Å². The van der Waals surface area contributed by atoms with Gasteiger partial charge in [0.1, 0.15) is 5.82 Å². The fourth-order valence-electron chi connectivity index (χ4n) is 2.05. The van der Waals surface area contributed by atoms with Gasteiger partial charge in [0.25, 0.3) is 5.91 Å². The minimum absolute atomic E-state index is 0.233. The van der Waals surface area contributed by atoms with Gasteiger partial charge in [-0.1, -0.05) is 17.4 Å². The number of hydrogen-bond donors (Lipinski definition) is 1. The highest BCUT2D eigenvalue weighted by atomic mass is 32.1. The van der Waals surface area contributed by atoms with Gasteiger partial charge in [0.05, 0.1) is 16.1 Å². The third-order valence-corrected chi connectivity index (χ3v) is 4.03. The van der Waals surface area contributed by atoms with Gasteiger partial charge >= 0.3 is 0 Å². The zero-order valence-electron chi connectivity index (χ0n) is 12.7. The van der Waals surface area contributed by atoms with E-state index in [9.17, 15) is 4.79 Å². The van der Waals surface area contributed by atoms with Crippen molar-refractivity contribution in [3.05, 3.63) is 54.5 Å². The van der Waals surface area contributed by atoms with E-state index < -0.39 is 0 Å². The summed E-state index contributed by atoms with van der Waals surface area (Å²) in [5.41, 5.74) is 1.34. The molecule has 3 rings (SSSR count). The number of hydrogen-bond acceptors (Lipinski definition) is 6. The zero-order valence-corrected chi connectivity index (χ0v) is 13.5. The Kier molecular flexibility index (Phi) is 4.29. The summed E-state index contributed by atoms with van der Waals surface area (Å²) in [7, 11) is 3.70. The van der Waals surface area contributed by atoms with Crippen LogP contribution in [-0.4, -0.2) is 35.0 Å². The molecule has 0 radical (unpaired) electrons. The van der Waals surface area contributed by atoms with Crippen LogP contribution in [0.25, 0.3) is 10.6 Å². The van der Waals surface area contributed by atoms with Gasteiger partial charge < -0.3 is 4.90 Å². The summed E-state index contributed by atoms with van der Waals surface area (Å²) in [6, 6.07) is 9.16. The summed E-state index contributed by atoms with van der Waals surface area (Å²) in [6.07, 6.45) is 5.10. The van der Waals surface area contributed by atoms with Crippen molar-refractivity contribution in [2.45, 2.75) is 0 Å². The Morgan fingerprint density at radius 1 is 1.09 bits per heavy atom. The molecule has 1 N–H and O–H groups in total. The van der Waals surface area contributed by atoms with E-state index in [1.165, 1.54) is 11.3 Å². The van der Waals surface area contributed by atoms with Gasteiger partial charge in [0, 0.05) is 32.7 Å². The maximum absolute atomic E-state index is 12.5. The van der Waals surface area contributed by atoms with E-state index in [4.69, 9.17) is 0 Å². The fraction of sp³-hybridized carbons (Fsp3) is 0.125. The van der Waals surface area contributed by atoms with E-state index in [1.807, 2.05) is 32.3 Å². The first-order valence-corrected chi connectivity index (χ1v) is 7.78. The molecule has 3 aromatic heterocycles. The van der Waals surface area contributed by atoms with Gasteiger partial charge in [0.2, 0.25) is 0 Å². The molecule has 0 aromatic carbocycles. The molecule has 0 aliphatic carbocycles. The third-order valence-electron chi connectivity index (χ3n) is 3.10. The maximum atomic E-state index is 12.5. The average molecular weight is 325 g/mol. The van der Waals surface area contributed by atoms with Gasteiger partial charge in [-0.15, -0.1) is 0 Å². The second-order valence-corrected chi connectivity index (χ2v) is 6.00. The number of amides is 1. The Morgan fingerprint density at radius 2 is 1.91 bits per heavy atom. The lowest BCUT2D eigenvalue weighted by Gasteiger charge is -2.14. The average Bonchev–Trinajstić information content (AvgIpc) is 3.04. The van der Waals surface area contributed by atoms with E-state index in [1.54, 1.807) is 35.6 Å². The van der Waals surface area contributed by atoms with Crippen molar-refractivity contribution in [2.24, 2.45) is 0 Å². The third kappa shape index (κ3) is 3.35. The summed E-state index contributed by atoms with van der Waals surface area (Å²) in [5, 5.41) is 3.35. The van der Waals surface area contributed by atoms with Crippen LogP contribution >= 0.6 is 11.3 Å². The second-order valence-electron chi connectivity index (χ2n) is 4.97. The molecular formula is C16H15N5OS. The van der Waals surface area contributed by atoms with E-state index in [2.05, 4.69) is 20.3 Å². The molecule has 7 heteroatoms. The van der Waals surface area contributed by atoms with Gasteiger partial charge in [0.15, 0.2) is 5.13 Å². The van der Waals surface area contributed by atoms with Crippen LogP contribution in [0.2, 0.25) is 0 Å². The first-order chi connectivity index (χ1) is 11.1. The zero-order chi connectivity index (χ0) is 16.2. The summed E-state index contributed by atoms with van der Waals surface area (Å²) >= 11 is 1.38. The van der Waals surface area contributed by atoms with Crippen LogP contribution in [0.3, 0.4) is 0 Å². The fourth-order valence-corrected chi connectivity index (χ4v) is 2.84. The molecule has 0 aliphatic heterocycles. The molecule has 3 aromatic rings. The normalized spacial score (nSPS) is 10.3. The largest absolute Gasteiger partial charge is 0.362 e. The van der Waals surface area contributed by atoms with Crippen molar-refractivity contribution in [2.75, 3.05) is 24.3 Å². The molecule has 23 heavy (non-hydrogen) atoms. The number of anilines is 2. The number of carbonyl (C=O) groups is 1. The van der Waals surface area contributed by atoms with Crippen LogP contribution < -0.4 is 10.2 Å². The Labute approximate surface area is 137 Å². The van der Waals surface area contributed by atoms with Crippen molar-refractivity contribution in [1.29, 1.82) is 0 Å². The van der Waals surface area contributed by atoms with Crippen molar-refractivity contribution >= 4 is 28.2 Å². The molecule has 0 saturated heterocycles. The van der Waals surface area contributed by atoms with Gasteiger partial charge in [-0.05, 0) is 24.3 Å². The predicted octanol–water partition coefficient (Wildman–Crippen LogP) is 2.92. The molecule has 0 spiro atoms. The van der Waals surface area contributed by atoms with Crippen LogP contribution in [0, 0.1) is 0 Å². The standard InChI is InChI=1S/C16H15N5OS/c1-21(2)14-11(6-5-9-18-14)15(22)20-16-19-10-13(23-16)12-7-3-4-8-17-12/h3-10H,1-2H3,(H,19,20,22). The lowest BCUT2D eigenvalue weighted by Crippen LogP contribution is -2.19. The van der Waals surface area contributed by atoms with Crippen molar-refractivity contribution in [3.8, 4) is 10.6 Å². The summed E-state index contributed by atoms with van der Waals surface area (Å²) in [4.78, 5) is 27.9. The maximum Gasteiger partial charge on any atom is 0.261 e. The number of carbonyl (C=O) groups excluding carboxylic acids is 1. The van der Waals surface area contributed by atoms with Crippen molar-refractivity contribution < 1.29 is 4.79 Å². The Bertz CT molecular complexity index is 816. The van der Waals surface area contributed by atoms with Crippen LogP contribution in [0.1, 0.15) is 10.4 Å². The SMILES string of the molecule is CN(C)c1ncccc1C(=O)Nc1ncc(-c2ccccn2)s1. The Balaban J connectivity index is 1.81. The molecular weight excluding hydrogens is 310 g/mol. The van der Waals surface area contributed by atoms with E-state index in [-0.39, 0.29) is 5.91 Å². The molecule has 0 saturated carbocycles. The van der Waals surface area contributed by atoms with Gasteiger partial charge in [-0.25, -0.2) is 9.97 Å². The molecule has 116 valence electrons. The molecule has 3 heterocycles. The topological polar surface area (TPSA) is 71.0 Å². The highest BCUT2D eigenvalue weighted by molar-refractivity contribution is 7.19. The van der Waals surface area contributed by atoms with Crippen molar-refractivity contribution in [1.82, 2.24) is 15.0 Å². The molecule has 1 amide bonds. The highest BCUT2D eigenvalue weighted by Crippen LogP contribution is 2.28. The van der Waals surface area contributed by atoms with Gasteiger partial charge in [-0.2, -0.15) is 0 Å². The van der Waals surface area contributed by atoms with E-state index in [0.29, 0.717) is 16.5 Å². The smallest absolute Gasteiger partial charge is 0.261 e. The van der Waals surface area contributed by atoms with Crippen LogP contribution in [0.5, 0.6) is 0 Å². The van der Waals surface area contributed by atoms with Crippen LogP contribution in [0.15, 0.2) is 48.9 Å². The minimum atomic E-state index is -0.233. The van der Waals surface area contributed by atoms with Crippen molar-refractivity contribution in [3.63, 3.8) is 0 Å². The number of thiazole rings is 1. The summed E-state index contributed by atoms with van der Waals surface area (Å²) < 4.78 is 0. The number of pyridine rings is 2. The second kappa shape index (κ2) is 6.53. The molecule has 0 bridgehead atoms. The number of nitrogens with zero attached hydrogens (tertiary/aromatic N) is 4. The lowest BCUT2D eigenvalue weighted by atomic mass is 10.2. The summed E-state index contributed by atoms with van der Waals surface area (Å²) in [5.74, 6) is 0.384. The monoisotopic (exact) mass is 325 g/mol. The number of nitrogens with one attached hydrogen (secondary N) is 1. The molecule has 0 aliphatic rings. The van der Waals surface area contributed by atoms with Gasteiger partial charge in [-0.3, -0.25) is 15.1 Å². The quantitative estimate of drug-likeness (QED) is 0.798. The Morgan fingerprint density at radius 3 is 2.65 bits per heavy atom. The first-order valence-electron chi connectivity index (χ1n) is 6.96. The minimum Gasteiger partial charge on any atom is -0.362 e. The summed E-state index contributed by atoms with van der Waals surface area (Å²) in [6.45, 7) is 0. The molecule has 0 atom stereocenters. The van der Waals surface area contributed by atoms with Crippen LogP contribution in [0.4, 0.5) is 10.9 Å². The Hall–Kier alpha value is -2.80. The van der Waals surface area contributed by atoms with E-state index in [0.717, 1.165) is 10.6 Å². The lowest BCUT2D eigenvalue weighted by molar-refractivity contribution is 0.102. The number of aromatic nitrogens is 3. The molecule has 6 nitrogen and oxygen atoms in total. The molecule has 0 unspecified atom stereocenters. The molecule has 0 fully saturated rings. The first kappa shape index (κ1) is 15.1.